The minimum atomic E-state index is -5.08. The predicted molar refractivity (Wildman–Crippen MR) is 113 cm³/mol. The maximum absolute atomic E-state index is 12.5. The van der Waals surface area contributed by atoms with Gasteiger partial charge in [-0.3, -0.25) is 4.79 Å². The van der Waals surface area contributed by atoms with Crippen LogP contribution in [0.3, 0.4) is 0 Å². The van der Waals surface area contributed by atoms with Gasteiger partial charge in [-0.2, -0.15) is 13.2 Å². The number of nitrogens with one attached hydrogen (secondary N) is 1. The number of amides is 1. The number of methoxy groups -OCH3 is 1. The van der Waals surface area contributed by atoms with Gasteiger partial charge in [0, 0.05) is 25.2 Å². The number of carboxylic acid groups (broad SMARTS) is 1. The molecule has 31 heavy (non-hydrogen) atoms. The van der Waals surface area contributed by atoms with Crippen LogP contribution >= 0.6 is 11.6 Å². The standard InChI is InChI=1S/C18H28ClN3O2.C2HF3O2/c1-3-4-5-8-22-9-6-13(7-10-22)21-18(23)14-11-15(19)16(20)12-17(14)24-2;3-2(4,5)1(6)7/h11-13H,3-10,20H2,1-2H3,(H,21,23);(H,6,7). The summed E-state index contributed by atoms with van der Waals surface area (Å²) in [7, 11) is 1.52. The van der Waals surface area contributed by atoms with Gasteiger partial charge in [-0.15, -0.1) is 0 Å². The number of nitrogens with zero attached hydrogens (tertiary/aromatic N) is 1. The van der Waals surface area contributed by atoms with Gasteiger partial charge in [0.15, 0.2) is 0 Å². The van der Waals surface area contributed by atoms with Crippen LogP contribution in [0.4, 0.5) is 18.9 Å². The molecule has 176 valence electrons. The molecule has 0 aromatic heterocycles. The quantitative estimate of drug-likeness (QED) is 0.414. The number of carbonyl (C=O) groups is 2. The Balaban J connectivity index is 0.000000592. The maximum atomic E-state index is 12.5. The van der Waals surface area contributed by atoms with E-state index < -0.39 is 12.1 Å². The number of alkyl halides is 3. The highest BCUT2D eigenvalue weighted by Gasteiger charge is 2.38. The Morgan fingerprint density at radius 3 is 2.35 bits per heavy atom. The Morgan fingerprint density at radius 2 is 1.87 bits per heavy atom. The smallest absolute Gasteiger partial charge is 0.490 e. The summed E-state index contributed by atoms with van der Waals surface area (Å²) in [6.07, 6.45) is 0.660. The zero-order chi connectivity index (χ0) is 23.6. The van der Waals surface area contributed by atoms with Crippen molar-refractivity contribution >= 4 is 29.2 Å². The summed E-state index contributed by atoms with van der Waals surface area (Å²) in [5.74, 6) is -2.46. The second-order valence-corrected chi connectivity index (χ2v) is 7.58. The molecule has 0 unspecified atom stereocenters. The molecule has 1 saturated heterocycles. The van der Waals surface area contributed by atoms with E-state index in [-0.39, 0.29) is 11.9 Å². The molecule has 0 bridgehead atoms. The third kappa shape index (κ3) is 9.22. The first-order valence-corrected chi connectivity index (χ1v) is 10.3. The van der Waals surface area contributed by atoms with Crippen molar-refractivity contribution in [2.75, 3.05) is 32.5 Å². The molecule has 11 heteroatoms. The monoisotopic (exact) mass is 467 g/mol. The van der Waals surface area contributed by atoms with E-state index in [0.717, 1.165) is 32.5 Å². The molecule has 0 spiro atoms. The van der Waals surface area contributed by atoms with Crippen molar-refractivity contribution in [3.05, 3.63) is 22.7 Å². The number of halogens is 4. The SMILES string of the molecule is CCCCCN1CCC(NC(=O)c2cc(Cl)c(N)cc2OC)CC1.O=C(O)C(F)(F)F. The van der Waals surface area contributed by atoms with Gasteiger partial charge < -0.3 is 25.8 Å². The zero-order valence-electron chi connectivity index (χ0n) is 17.6. The summed E-state index contributed by atoms with van der Waals surface area (Å²) in [5.41, 5.74) is 6.61. The highest BCUT2D eigenvalue weighted by atomic mass is 35.5. The molecule has 7 nitrogen and oxygen atoms in total. The Kier molecular flexibility index (Phi) is 10.9. The lowest BCUT2D eigenvalue weighted by molar-refractivity contribution is -0.192. The third-order valence-corrected chi connectivity index (χ3v) is 5.13. The first-order valence-electron chi connectivity index (χ1n) is 9.95. The van der Waals surface area contributed by atoms with E-state index in [4.69, 9.17) is 32.0 Å². The van der Waals surface area contributed by atoms with E-state index in [1.165, 1.54) is 26.4 Å². The molecule has 0 saturated carbocycles. The number of unbranched alkanes of at least 4 members (excludes halogenated alkanes) is 2. The molecular formula is C20H29ClF3N3O4. The Labute approximate surface area is 184 Å². The number of carboxylic acids is 1. The van der Waals surface area contributed by atoms with Crippen molar-refractivity contribution < 1.29 is 32.6 Å². The minimum absolute atomic E-state index is 0.154. The molecule has 2 rings (SSSR count). The number of anilines is 1. The molecule has 0 aliphatic carbocycles. The summed E-state index contributed by atoms with van der Waals surface area (Å²) < 4.78 is 37.0. The van der Waals surface area contributed by atoms with Gasteiger partial charge in [-0.25, -0.2) is 4.79 Å². The van der Waals surface area contributed by atoms with Crippen LogP contribution in [0.5, 0.6) is 5.75 Å². The van der Waals surface area contributed by atoms with Crippen LogP contribution in [0.25, 0.3) is 0 Å². The molecule has 1 aromatic carbocycles. The van der Waals surface area contributed by atoms with E-state index in [9.17, 15) is 18.0 Å². The molecule has 0 atom stereocenters. The van der Waals surface area contributed by atoms with E-state index in [1.807, 2.05) is 0 Å². The predicted octanol–water partition coefficient (Wildman–Crippen LogP) is 3.95. The summed E-state index contributed by atoms with van der Waals surface area (Å²) in [6, 6.07) is 3.36. The average molecular weight is 468 g/mol. The summed E-state index contributed by atoms with van der Waals surface area (Å²) in [6.45, 7) is 5.46. The highest BCUT2D eigenvalue weighted by molar-refractivity contribution is 6.33. The molecule has 1 amide bonds. The average Bonchev–Trinajstić information content (AvgIpc) is 2.71. The van der Waals surface area contributed by atoms with E-state index in [0.29, 0.717) is 22.0 Å². The fraction of sp³-hybridized carbons (Fsp3) is 0.600. The van der Waals surface area contributed by atoms with Crippen molar-refractivity contribution in [3.8, 4) is 5.75 Å². The minimum Gasteiger partial charge on any atom is -0.496 e. The number of hydrogen-bond acceptors (Lipinski definition) is 5. The van der Waals surface area contributed by atoms with Crippen LogP contribution in [-0.4, -0.2) is 60.8 Å². The number of piperidine rings is 1. The van der Waals surface area contributed by atoms with Gasteiger partial charge in [0.2, 0.25) is 0 Å². The van der Waals surface area contributed by atoms with Crippen molar-refractivity contribution in [2.45, 2.75) is 51.2 Å². The molecule has 4 N–H and O–H groups in total. The molecule has 1 heterocycles. The maximum Gasteiger partial charge on any atom is 0.490 e. The second kappa shape index (κ2) is 12.6. The molecule has 1 fully saturated rings. The summed E-state index contributed by atoms with van der Waals surface area (Å²) in [4.78, 5) is 23.9. The van der Waals surface area contributed by atoms with Crippen molar-refractivity contribution in [3.63, 3.8) is 0 Å². The van der Waals surface area contributed by atoms with Crippen LogP contribution in [0.15, 0.2) is 12.1 Å². The third-order valence-electron chi connectivity index (χ3n) is 4.81. The first kappa shape index (κ1) is 26.8. The van der Waals surface area contributed by atoms with Gasteiger partial charge in [0.05, 0.1) is 23.4 Å². The van der Waals surface area contributed by atoms with Crippen LogP contribution < -0.4 is 15.8 Å². The van der Waals surface area contributed by atoms with E-state index in [1.54, 1.807) is 12.1 Å². The number of benzene rings is 1. The Hall–Kier alpha value is -2.20. The van der Waals surface area contributed by atoms with Crippen molar-refractivity contribution in [1.82, 2.24) is 10.2 Å². The number of nitrogens with two attached hydrogens (primary N) is 1. The number of carbonyl (C=O) groups excluding carboxylic acids is 1. The van der Waals surface area contributed by atoms with Crippen LogP contribution in [0.1, 0.15) is 49.4 Å². The van der Waals surface area contributed by atoms with Gasteiger partial charge in [0.1, 0.15) is 5.75 Å². The van der Waals surface area contributed by atoms with Crippen molar-refractivity contribution in [2.24, 2.45) is 0 Å². The number of ether oxygens (including phenoxy) is 1. The van der Waals surface area contributed by atoms with Crippen LogP contribution in [0.2, 0.25) is 5.02 Å². The molecular weight excluding hydrogens is 439 g/mol. The highest BCUT2D eigenvalue weighted by Crippen LogP contribution is 2.29. The number of likely N-dealkylation sites (tertiary alicyclic amines) is 1. The largest absolute Gasteiger partial charge is 0.496 e. The lowest BCUT2D eigenvalue weighted by Gasteiger charge is -2.32. The topological polar surface area (TPSA) is 105 Å². The molecule has 0 radical (unpaired) electrons. The number of nitrogen functional groups attached to an aromatic ring is 1. The lowest BCUT2D eigenvalue weighted by atomic mass is 10.0. The van der Waals surface area contributed by atoms with Crippen molar-refractivity contribution in [1.29, 1.82) is 0 Å². The van der Waals surface area contributed by atoms with Gasteiger partial charge in [-0.05, 0) is 31.9 Å². The molecule has 1 aliphatic heterocycles. The number of hydrogen-bond donors (Lipinski definition) is 3. The van der Waals surface area contributed by atoms with E-state index >= 15 is 0 Å². The summed E-state index contributed by atoms with van der Waals surface area (Å²) in [5, 5.41) is 10.6. The fourth-order valence-electron chi connectivity index (χ4n) is 3.06. The molecule has 1 aromatic rings. The van der Waals surface area contributed by atoms with Gasteiger partial charge in [0.25, 0.3) is 5.91 Å². The molecule has 1 aliphatic rings. The fourth-order valence-corrected chi connectivity index (χ4v) is 3.23. The van der Waals surface area contributed by atoms with Gasteiger partial charge >= 0.3 is 12.1 Å². The Bertz CT molecular complexity index is 739. The zero-order valence-corrected chi connectivity index (χ0v) is 18.4. The number of rotatable bonds is 7. The lowest BCUT2D eigenvalue weighted by Crippen LogP contribution is -2.44. The number of aliphatic carboxylic acids is 1. The van der Waals surface area contributed by atoms with Crippen LogP contribution in [0, 0.1) is 0 Å². The van der Waals surface area contributed by atoms with Crippen LogP contribution in [-0.2, 0) is 4.79 Å². The Morgan fingerprint density at radius 1 is 1.29 bits per heavy atom. The summed E-state index contributed by atoms with van der Waals surface area (Å²) >= 11 is 6.04. The first-order chi connectivity index (χ1) is 14.5. The van der Waals surface area contributed by atoms with E-state index in [2.05, 4.69) is 17.1 Å². The normalized spacial score (nSPS) is 15.0. The second-order valence-electron chi connectivity index (χ2n) is 7.17. The van der Waals surface area contributed by atoms with Gasteiger partial charge in [-0.1, -0.05) is 31.4 Å².